The minimum atomic E-state index is 0.560. The van der Waals surface area contributed by atoms with Crippen LogP contribution in [0.15, 0.2) is 47.0 Å². The summed E-state index contributed by atoms with van der Waals surface area (Å²) in [6, 6.07) is 7.72. The molecule has 1 aromatic carbocycles. The second kappa shape index (κ2) is 6.40. The van der Waals surface area contributed by atoms with Crippen LogP contribution in [0, 0.1) is 0 Å². The second-order valence-electron chi connectivity index (χ2n) is 5.48. The molecule has 0 bridgehead atoms. The molecule has 3 rings (SSSR count). The van der Waals surface area contributed by atoms with E-state index in [4.69, 9.17) is 22.1 Å². The van der Waals surface area contributed by atoms with Crippen molar-refractivity contribution in [1.29, 1.82) is 0 Å². The van der Waals surface area contributed by atoms with E-state index in [-0.39, 0.29) is 0 Å². The molecule has 0 unspecified atom stereocenters. The molecule has 0 aromatic heterocycles. The first-order chi connectivity index (χ1) is 10.7. The minimum absolute atomic E-state index is 0.560. The van der Waals surface area contributed by atoms with Crippen molar-refractivity contribution in [2.24, 2.45) is 5.73 Å². The van der Waals surface area contributed by atoms with Gasteiger partial charge in [0, 0.05) is 19.2 Å². The molecule has 0 spiro atoms. The van der Waals surface area contributed by atoms with Gasteiger partial charge in [-0.25, -0.2) is 0 Å². The largest absolute Gasteiger partial charge is 0.497 e. The topological polar surface area (TPSA) is 53.8 Å². The zero-order chi connectivity index (χ0) is 15.5. The number of rotatable bonds is 3. The molecule has 0 saturated carbocycles. The lowest BCUT2D eigenvalue weighted by Gasteiger charge is -2.36. The summed E-state index contributed by atoms with van der Waals surface area (Å²) in [5.74, 6) is 0.785. The van der Waals surface area contributed by atoms with Crippen LogP contribution >= 0.6 is 11.6 Å². The molecular weight excluding hydrogens is 300 g/mol. The number of nitrogens with zero attached hydrogens (tertiary/aromatic N) is 2. The summed E-state index contributed by atoms with van der Waals surface area (Å²) in [7, 11) is 1.65. The molecule has 0 aliphatic carbocycles. The van der Waals surface area contributed by atoms with E-state index < -0.39 is 0 Å². The third kappa shape index (κ3) is 2.95. The summed E-state index contributed by atoms with van der Waals surface area (Å²) in [6.07, 6.45) is 5.50. The zero-order valence-electron chi connectivity index (χ0n) is 12.7. The number of nitrogens with one attached hydrogen (secondary N) is 1. The highest BCUT2D eigenvalue weighted by molar-refractivity contribution is 6.30. The van der Waals surface area contributed by atoms with Crippen molar-refractivity contribution in [1.82, 2.24) is 10.3 Å². The number of piperidine rings is 1. The van der Waals surface area contributed by atoms with Gasteiger partial charge in [0.05, 0.1) is 30.4 Å². The minimum Gasteiger partial charge on any atom is -0.497 e. The highest BCUT2D eigenvalue weighted by Crippen LogP contribution is 2.28. The average Bonchev–Trinajstić information content (AvgIpc) is 2.55. The average molecular weight is 321 g/mol. The fourth-order valence-electron chi connectivity index (χ4n) is 2.86. The van der Waals surface area contributed by atoms with Gasteiger partial charge in [-0.1, -0.05) is 17.7 Å². The van der Waals surface area contributed by atoms with E-state index in [1.165, 1.54) is 19.3 Å². The van der Waals surface area contributed by atoms with E-state index in [0.717, 1.165) is 30.2 Å². The van der Waals surface area contributed by atoms with Gasteiger partial charge in [0.1, 0.15) is 10.9 Å². The number of likely N-dealkylation sites (tertiary alicyclic amines) is 1. The van der Waals surface area contributed by atoms with E-state index in [0.29, 0.717) is 10.9 Å². The molecule has 3 N–H and O–H groups in total. The lowest BCUT2D eigenvalue weighted by atomic mass is 10.1. The Kier molecular flexibility index (Phi) is 4.34. The normalized spacial score (nSPS) is 18.9. The molecule has 1 fully saturated rings. The Morgan fingerprint density at radius 3 is 2.68 bits per heavy atom. The van der Waals surface area contributed by atoms with Gasteiger partial charge in [-0.15, -0.1) is 0 Å². The van der Waals surface area contributed by atoms with Gasteiger partial charge in [-0.2, -0.15) is 0 Å². The third-order valence-corrected chi connectivity index (χ3v) is 4.24. The Bertz CT molecular complexity index is 608. The lowest BCUT2D eigenvalue weighted by Crippen LogP contribution is -2.42. The highest BCUT2D eigenvalue weighted by Gasteiger charge is 2.24. The van der Waals surface area contributed by atoms with Gasteiger partial charge in [-0.05, 0) is 31.4 Å². The Morgan fingerprint density at radius 1 is 1.23 bits per heavy atom. The van der Waals surface area contributed by atoms with Gasteiger partial charge in [0.2, 0.25) is 0 Å². The summed E-state index contributed by atoms with van der Waals surface area (Å²) >= 11 is 6.46. The maximum atomic E-state index is 6.46. The Hall–Kier alpha value is -2.01. The van der Waals surface area contributed by atoms with Crippen molar-refractivity contribution in [3.63, 3.8) is 0 Å². The molecule has 0 atom stereocenters. The predicted molar refractivity (Wildman–Crippen MR) is 89.2 cm³/mol. The standard InChI is InChI=1S/C16H21ClN4O/c1-22-13-7-5-6-12(10-13)21-11-14(18)15(16(17)19-21)20-8-3-2-4-9-20/h5-7,10-11,19H,2-4,8-9,18H2,1H3. The molecule has 0 radical (unpaired) electrons. The quantitative estimate of drug-likeness (QED) is 0.839. The van der Waals surface area contributed by atoms with E-state index in [1.54, 1.807) is 7.11 Å². The molecular formula is C16H21ClN4O. The Morgan fingerprint density at radius 2 is 2.00 bits per heavy atom. The first-order valence-electron chi connectivity index (χ1n) is 7.51. The van der Waals surface area contributed by atoms with E-state index in [9.17, 15) is 0 Å². The molecule has 0 amide bonds. The molecule has 2 aliphatic rings. The number of hydrazine groups is 1. The Balaban J connectivity index is 1.83. The number of benzene rings is 1. The van der Waals surface area contributed by atoms with Crippen LogP contribution in [-0.2, 0) is 0 Å². The van der Waals surface area contributed by atoms with Crippen LogP contribution in [-0.4, -0.2) is 25.1 Å². The van der Waals surface area contributed by atoms with Gasteiger partial charge < -0.3 is 15.4 Å². The van der Waals surface area contributed by atoms with Gasteiger partial charge in [0.25, 0.3) is 0 Å². The third-order valence-electron chi connectivity index (χ3n) is 3.97. The molecule has 5 nitrogen and oxygen atoms in total. The van der Waals surface area contributed by atoms with Crippen LogP contribution in [0.5, 0.6) is 5.75 Å². The van der Waals surface area contributed by atoms with Crippen molar-refractivity contribution >= 4 is 17.3 Å². The first-order valence-corrected chi connectivity index (χ1v) is 7.89. The van der Waals surface area contributed by atoms with Gasteiger partial charge in [-0.3, -0.25) is 10.4 Å². The van der Waals surface area contributed by atoms with Crippen molar-refractivity contribution < 1.29 is 4.74 Å². The molecule has 2 heterocycles. The summed E-state index contributed by atoms with van der Waals surface area (Å²) in [4.78, 5) is 2.26. The van der Waals surface area contributed by atoms with Gasteiger partial charge in [0.15, 0.2) is 0 Å². The molecule has 118 valence electrons. The van der Waals surface area contributed by atoms with Crippen LogP contribution in [0.3, 0.4) is 0 Å². The van der Waals surface area contributed by atoms with Crippen LogP contribution in [0.1, 0.15) is 19.3 Å². The van der Waals surface area contributed by atoms with Crippen molar-refractivity contribution in [3.05, 3.63) is 47.0 Å². The number of anilines is 1. The van der Waals surface area contributed by atoms with Crippen LogP contribution in [0.2, 0.25) is 0 Å². The summed E-state index contributed by atoms with van der Waals surface area (Å²) < 4.78 is 5.26. The maximum absolute atomic E-state index is 6.46. The Labute approximate surface area is 135 Å². The number of ether oxygens (including phenoxy) is 1. The monoisotopic (exact) mass is 320 g/mol. The second-order valence-corrected chi connectivity index (χ2v) is 5.86. The zero-order valence-corrected chi connectivity index (χ0v) is 13.4. The molecule has 6 heteroatoms. The molecule has 1 aromatic rings. The number of nitrogens with two attached hydrogens (primary N) is 1. The molecule has 22 heavy (non-hydrogen) atoms. The summed E-state index contributed by atoms with van der Waals surface area (Å²) in [5.41, 5.74) is 11.9. The van der Waals surface area contributed by atoms with Crippen molar-refractivity contribution in [3.8, 4) is 5.75 Å². The maximum Gasteiger partial charge on any atom is 0.147 e. The number of halogens is 1. The van der Waals surface area contributed by atoms with E-state index >= 15 is 0 Å². The fraction of sp³-hybridized carbons (Fsp3) is 0.375. The first kappa shape index (κ1) is 14.9. The smallest absolute Gasteiger partial charge is 0.147 e. The van der Waals surface area contributed by atoms with Crippen molar-refractivity contribution in [2.75, 3.05) is 25.2 Å². The van der Waals surface area contributed by atoms with Crippen LogP contribution < -0.4 is 20.9 Å². The van der Waals surface area contributed by atoms with Crippen LogP contribution in [0.4, 0.5) is 5.69 Å². The van der Waals surface area contributed by atoms with Crippen molar-refractivity contribution in [2.45, 2.75) is 19.3 Å². The molecule has 1 saturated heterocycles. The fourth-order valence-corrected chi connectivity index (χ4v) is 3.18. The SMILES string of the molecule is COc1cccc(N2C=C(N)C(N3CCCCC3)=C(Cl)N2)c1. The molecule has 2 aliphatic heterocycles. The van der Waals surface area contributed by atoms with Gasteiger partial charge >= 0.3 is 0 Å². The van der Waals surface area contributed by atoms with Crippen LogP contribution in [0.25, 0.3) is 0 Å². The highest BCUT2D eigenvalue weighted by atomic mass is 35.5. The number of hydrogen-bond donors (Lipinski definition) is 2. The number of hydrogen-bond acceptors (Lipinski definition) is 5. The number of methoxy groups -OCH3 is 1. The summed E-state index contributed by atoms with van der Waals surface area (Å²) in [6.45, 7) is 2.00. The lowest BCUT2D eigenvalue weighted by molar-refractivity contribution is 0.285. The summed E-state index contributed by atoms with van der Waals surface area (Å²) in [5, 5.41) is 2.37. The van der Waals surface area contributed by atoms with E-state index in [2.05, 4.69) is 10.3 Å². The van der Waals surface area contributed by atoms with E-state index in [1.807, 2.05) is 35.5 Å². The predicted octanol–water partition coefficient (Wildman–Crippen LogP) is 2.71.